The maximum absolute atomic E-state index is 13.9. The van der Waals surface area contributed by atoms with Crippen LogP contribution in [0.4, 0.5) is 0 Å². The number of rotatable bonds is 9. The Hall–Kier alpha value is -3.54. The molecule has 11 heteroatoms. The number of carbonyl (C=O) groups is 1. The largest absolute Gasteiger partial charge is 0.493 e. The maximum atomic E-state index is 13.9. The van der Waals surface area contributed by atoms with Gasteiger partial charge in [0.15, 0.2) is 21.4 Å². The van der Waals surface area contributed by atoms with E-state index in [-0.39, 0.29) is 12.2 Å². The first-order chi connectivity index (χ1) is 19.8. The fourth-order valence-electron chi connectivity index (χ4n) is 4.47. The molecule has 41 heavy (non-hydrogen) atoms. The molecule has 0 saturated carbocycles. The summed E-state index contributed by atoms with van der Waals surface area (Å²) < 4.78 is 25.5. The van der Waals surface area contributed by atoms with Gasteiger partial charge in [0.1, 0.15) is 5.76 Å². The van der Waals surface area contributed by atoms with E-state index in [9.17, 15) is 9.59 Å². The average Bonchev–Trinajstić information content (AvgIpc) is 3.46. The first-order valence-electron chi connectivity index (χ1n) is 12.9. The van der Waals surface area contributed by atoms with E-state index in [2.05, 4.69) is 20.9 Å². The SMILES string of the molecule is CCOC(=O)C1=C(C)N=c2s/c(=C/c3cc(Br)c(Sc4ccccc4)o3)c(=O)n2[C@@H]1c1ccc(OC)c(OCC)c1. The highest BCUT2D eigenvalue weighted by Gasteiger charge is 2.34. The number of fused-ring (bicyclic) bond motifs is 1. The molecule has 1 aliphatic heterocycles. The Balaban J connectivity index is 1.63. The van der Waals surface area contributed by atoms with E-state index >= 15 is 0 Å². The summed E-state index contributed by atoms with van der Waals surface area (Å²) in [7, 11) is 1.56. The molecular weight excluding hydrogens is 628 g/mol. The predicted octanol–water partition coefficient (Wildman–Crippen LogP) is 5.71. The van der Waals surface area contributed by atoms with Crippen molar-refractivity contribution in [1.29, 1.82) is 0 Å². The summed E-state index contributed by atoms with van der Waals surface area (Å²) in [6.07, 6.45) is 1.70. The Bertz CT molecular complexity index is 1810. The van der Waals surface area contributed by atoms with Crippen LogP contribution >= 0.6 is 39.0 Å². The third kappa shape index (κ3) is 5.93. The van der Waals surface area contributed by atoms with Gasteiger partial charge in [-0.2, -0.15) is 0 Å². The van der Waals surface area contributed by atoms with Gasteiger partial charge in [0.05, 0.1) is 46.6 Å². The number of ether oxygens (including phenoxy) is 3. The highest BCUT2D eigenvalue weighted by atomic mass is 79.9. The van der Waals surface area contributed by atoms with E-state index in [1.54, 1.807) is 39.2 Å². The number of benzene rings is 2. The van der Waals surface area contributed by atoms with Crippen LogP contribution < -0.4 is 24.4 Å². The highest BCUT2D eigenvalue weighted by Crippen LogP contribution is 2.37. The van der Waals surface area contributed by atoms with Crippen molar-refractivity contribution in [2.24, 2.45) is 4.99 Å². The van der Waals surface area contributed by atoms with Crippen molar-refractivity contribution in [3.05, 3.63) is 101 Å². The molecule has 0 unspecified atom stereocenters. The molecular formula is C30H27BrN2O6S2. The lowest BCUT2D eigenvalue weighted by atomic mass is 9.95. The molecule has 1 aliphatic rings. The molecule has 0 aliphatic carbocycles. The quantitative estimate of drug-likeness (QED) is 0.213. The van der Waals surface area contributed by atoms with Crippen LogP contribution in [0.15, 0.2) is 94.5 Å². The minimum Gasteiger partial charge on any atom is -0.493 e. The van der Waals surface area contributed by atoms with Crippen LogP contribution in [-0.4, -0.2) is 30.9 Å². The van der Waals surface area contributed by atoms with Crippen LogP contribution in [0.3, 0.4) is 0 Å². The molecule has 0 bridgehead atoms. The molecule has 0 N–H and O–H groups in total. The molecule has 0 amide bonds. The van der Waals surface area contributed by atoms with Crippen molar-refractivity contribution in [2.45, 2.75) is 36.8 Å². The van der Waals surface area contributed by atoms with Gasteiger partial charge in [-0.05, 0) is 72.6 Å². The van der Waals surface area contributed by atoms with Gasteiger partial charge in [0.2, 0.25) is 0 Å². The monoisotopic (exact) mass is 654 g/mol. The topological polar surface area (TPSA) is 92.3 Å². The van der Waals surface area contributed by atoms with Gasteiger partial charge in [0, 0.05) is 11.0 Å². The van der Waals surface area contributed by atoms with Crippen LogP contribution in [0, 0.1) is 0 Å². The van der Waals surface area contributed by atoms with Gasteiger partial charge in [-0.1, -0.05) is 47.4 Å². The Labute approximate surface area is 253 Å². The number of hydrogen-bond acceptors (Lipinski definition) is 9. The van der Waals surface area contributed by atoms with Crippen molar-refractivity contribution in [2.75, 3.05) is 20.3 Å². The molecule has 0 radical (unpaired) electrons. The maximum Gasteiger partial charge on any atom is 0.338 e. The molecule has 5 rings (SSSR count). The molecule has 8 nitrogen and oxygen atoms in total. The van der Waals surface area contributed by atoms with E-state index in [0.29, 0.717) is 55.1 Å². The zero-order valence-electron chi connectivity index (χ0n) is 22.8. The lowest BCUT2D eigenvalue weighted by molar-refractivity contribution is -0.139. The lowest BCUT2D eigenvalue weighted by Crippen LogP contribution is -2.39. The summed E-state index contributed by atoms with van der Waals surface area (Å²) in [5, 5.41) is 0.676. The molecule has 1 atom stereocenters. The Morgan fingerprint density at radius 2 is 1.93 bits per heavy atom. The fraction of sp³-hybridized carbons (Fsp3) is 0.233. The molecule has 3 heterocycles. The van der Waals surface area contributed by atoms with Crippen molar-refractivity contribution in [3.8, 4) is 11.5 Å². The highest BCUT2D eigenvalue weighted by molar-refractivity contribution is 9.10. The molecule has 4 aromatic rings. The molecule has 0 fully saturated rings. The Morgan fingerprint density at radius 3 is 2.63 bits per heavy atom. The summed E-state index contributed by atoms with van der Waals surface area (Å²) in [5.74, 6) is 1.05. The summed E-state index contributed by atoms with van der Waals surface area (Å²) >= 11 is 6.28. The second-order valence-electron chi connectivity index (χ2n) is 8.84. The summed E-state index contributed by atoms with van der Waals surface area (Å²) in [6, 6.07) is 16.3. The van der Waals surface area contributed by atoms with Gasteiger partial charge in [-0.25, -0.2) is 9.79 Å². The van der Waals surface area contributed by atoms with Crippen LogP contribution in [-0.2, 0) is 9.53 Å². The number of hydrogen-bond donors (Lipinski definition) is 0. The van der Waals surface area contributed by atoms with E-state index in [1.807, 2.05) is 49.4 Å². The molecule has 2 aromatic carbocycles. The van der Waals surface area contributed by atoms with Crippen LogP contribution in [0.25, 0.3) is 6.08 Å². The molecule has 212 valence electrons. The van der Waals surface area contributed by atoms with Crippen molar-refractivity contribution in [3.63, 3.8) is 0 Å². The zero-order chi connectivity index (χ0) is 29.1. The standard InChI is InChI=1S/C30H27BrN2O6S2/c1-5-37-23-14-18(12-13-22(23)36-4)26-25(28(35)38-6-2)17(3)32-30-33(26)27(34)24(41-30)16-19-15-21(31)29(39-19)40-20-10-8-7-9-11-20/h7-16,26H,5-6H2,1-4H3/b24-16+/t26-/m1/s1. The lowest BCUT2D eigenvalue weighted by Gasteiger charge is -2.25. The minimum atomic E-state index is -0.773. The smallest absolute Gasteiger partial charge is 0.338 e. The number of allylic oxidation sites excluding steroid dienone is 1. The fourth-order valence-corrected chi connectivity index (χ4v) is 6.85. The minimum absolute atomic E-state index is 0.191. The molecule has 0 saturated heterocycles. The Morgan fingerprint density at radius 1 is 1.15 bits per heavy atom. The number of nitrogens with zero attached hydrogens (tertiary/aromatic N) is 2. The van der Waals surface area contributed by atoms with E-state index in [4.69, 9.17) is 18.6 Å². The van der Waals surface area contributed by atoms with Crippen LogP contribution in [0.2, 0.25) is 0 Å². The average molecular weight is 656 g/mol. The van der Waals surface area contributed by atoms with Gasteiger partial charge in [-0.15, -0.1) is 0 Å². The van der Waals surface area contributed by atoms with Gasteiger partial charge < -0.3 is 18.6 Å². The summed E-state index contributed by atoms with van der Waals surface area (Å²) in [6.45, 7) is 5.98. The number of esters is 1. The first kappa shape index (κ1) is 29.0. The second-order valence-corrected chi connectivity index (χ2v) is 11.8. The number of aromatic nitrogens is 1. The van der Waals surface area contributed by atoms with Crippen LogP contribution in [0.5, 0.6) is 11.5 Å². The van der Waals surface area contributed by atoms with Gasteiger partial charge in [-0.3, -0.25) is 9.36 Å². The third-order valence-electron chi connectivity index (χ3n) is 6.22. The van der Waals surface area contributed by atoms with E-state index in [1.165, 1.54) is 27.7 Å². The normalized spacial score (nSPS) is 15.0. The van der Waals surface area contributed by atoms with Gasteiger partial charge in [0.25, 0.3) is 5.56 Å². The predicted molar refractivity (Wildman–Crippen MR) is 162 cm³/mol. The number of methoxy groups -OCH3 is 1. The van der Waals surface area contributed by atoms with E-state index < -0.39 is 12.0 Å². The number of thiazole rings is 1. The number of halogens is 1. The van der Waals surface area contributed by atoms with Crippen molar-refractivity contribution in [1.82, 2.24) is 4.57 Å². The number of carbonyl (C=O) groups excluding carboxylic acids is 1. The first-order valence-corrected chi connectivity index (χ1v) is 15.3. The third-order valence-corrected chi connectivity index (χ3v) is 9.05. The molecule has 2 aromatic heterocycles. The van der Waals surface area contributed by atoms with Crippen molar-refractivity contribution < 1.29 is 23.4 Å². The van der Waals surface area contributed by atoms with E-state index in [0.717, 1.165) is 9.37 Å². The van der Waals surface area contributed by atoms with Gasteiger partial charge >= 0.3 is 5.97 Å². The Kier molecular flexibility index (Phi) is 8.86. The zero-order valence-corrected chi connectivity index (χ0v) is 26.0. The molecule has 0 spiro atoms. The van der Waals surface area contributed by atoms with Crippen molar-refractivity contribution >= 4 is 51.1 Å². The summed E-state index contributed by atoms with van der Waals surface area (Å²) in [4.78, 5) is 33.3. The number of furan rings is 1. The second kappa shape index (κ2) is 12.5. The summed E-state index contributed by atoms with van der Waals surface area (Å²) in [5.41, 5.74) is 1.14. The van der Waals surface area contributed by atoms with Crippen LogP contribution in [0.1, 0.15) is 38.1 Å².